The van der Waals surface area contributed by atoms with E-state index < -0.39 is 17.7 Å². The number of rotatable bonds is 0. The first-order chi connectivity index (χ1) is 5.34. The van der Waals surface area contributed by atoms with Gasteiger partial charge in [0.05, 0.1) is 11.5 Å². The minimum absolute atomic E-state index is 0.0660. The minimum Gasteiger partial charge on any atom is -0.390 e. The zero-order chi connectivity index (χ0) is 9.41. The fourth-order valence-corrected chi connectivity index (χ4v) is 1.83. The fourth-order valence-electron chi connectivity index (χ4n) is 1.83. The van der Waals surface area contributed by atoms with Crippen molar-refractivity contribution in [2.24, 2.45) is 5.92 Å². The summed E-state index contributed by atoms with van der Waals surface area (Å²) in [6.07, 6.45) is -2.66. The smallest absolute Gasteiger partial charge is 0.390 e. The molecular weight excluding hydrogens is 169 g/mol. The van der Waals surface area contributed by atoms with Crippen molar-refractivity contribution >= 4 is 0 Å². The van der Waals surface area contributed by atoms with Gasteiger partial charge in [0.1, 0.15) is 0 Å². The summed E-state index contributed by atoms with van der Waals surface area (Å²) in [5.74, 6) is -1.53. The molecule has 1 nitrogen and oxygen atoms in total. The summed E-state index contributed by atoms with van der Waals surface area (Å²) < 4.78 is 36.8. The van der Waals surface area contributed by atoms with Crippen LogP contribution in [0.1, 0.15) is 32.6 Å². The summed E-state index contributed by atoms with van der Waals surface area (Å²) >= 11 is 0. The molecule has 1 fully saturated rings. The van der Waals surface area contributed by atoms with Gasteiger partial charge in [-0.2, -0.15) is 13.2 Å². The SMILES string of the molecule is C[C@@]1(O)CCCC[C@H]1C(F)(F)F. The zero-order valence-electron chi connectivity index (χ0n) is 6.99. The molecule has 0 aromatic rings. The topological polar surface area (TPSA) is 20.2 Å². The Morgan fingerprint density at radius 3 is 2.25 bits per heavy atom. The van der Waals surface area contributed by atoms with Crippen LogP contribution in [0.5, 0.6) is 0 Å². The van der Waals surface area contributed by atoms with Gasteiger partial charge in [0.25, 0.3) is 0 Å². The third-order valence-electron chi connectivity index (χ3n) is 2.57. The van der Waals surface area contributed by atoms with Crippen molar-refractivity contribution in [1.82, 2.24) is 0 Å². The molecule has 0 saturated heterocycles. The summed E-state index contributed by atoms with van der Waals surface area (Å²) in [7, 11) is 0. The Hall–Kier alpha value is -0.250. The quantitative estimate of drug-likeness (QED) is 0.610. The van der Waals surface area contributed by atoms with Crippen LogP contribution in [-0.2, 0) is 0 Å². The lowest BCUT2D eigenvalue weighted by molar-refractivity contribution is -0.232. The standard InChI is InChI=1S/C8H13F3O/c1-7(12)5-3-2-4-6(7)8(9,10)11/h6,12H,2-5H2,1H3/t6-,7-/m1/s1. The highest BCUT2D eigenvalue weighted by Crippen LogP contribution is 2.43. The lowest BCUT2D eigenvalue weighted by Crippen LogP contribution is -2.45. The number of alkyl halides is 3. The third-order valence-corrected chi connectivity index (χ3v) is 2.57. The Morgan fingerprint density at radius 1 is 1.33 bits per heavy atom. The van der Waals surface area contributed by atoms with E-state index in [2.05, 4.69) is 0 Å². The molecule has 0 aliphatic heterocycles. The molecule has 0 heterocycles. The molecule has 0 spiro atoms. The second-order valence-corrected chi connectivity index (χ2v) is 3.70. The molecule has 0 unspecified atom stereocenters. The first kappa shape index (κ1) is 9.84. The second-order valence-electron chi connectivity index (χ2n) is 3.70. The summed E-state index contributed by atoms with van der Waals surface area (Å²) in [5, 5.41) is 9.45. The average Bonchev–Trinajstić information content (AvgIpc) is 1.83. The van der Waals surface area contributed by atoms with E-state index in [9.17, 15) is 18.3 Å². The van der Waals surface area contributed by atoms with Crippen LogP contribution < -0.4 is 0 Å². The van der Waals surface area contributed by atoms with Gasteiger partial charge in [-0.3, -0.25) is 0 Å². The lowest BCUT2D eigenvalue weighted by Gasteiger charge is -2.37. The van der Waals surface area contributed by atoms with E-state index in [1.165, 1.54) is 6.92 Å². The molecule has 0 amide bonds. The van der Waals surface area contributed by atoms with Gasteiger partial charge in [-0.25, -0.2) is 0 Å². The number of hydrogen-bond acceptors (Lipinski definition) is 1. The number of halogens is 3. The van der Waals surface area contributed by atoms with Gasteiger partial charge < -0.3 is 5.11 Å². The van der Waals surface area contributed by atoms with Crippen LogP contribution in [0.4, 0.5) is 13.2 Å². The molecule has 4 heteroatoms. The van der Waals surface area contributed by atoms with Gasteiger partial charge in [-0.15, -0.1) is 0 Å². The van der Waals surface area contributed by atoms with Crippen molar-refractivity contribution in [3.05, 3.63) is 0 Å². The van der Waals surface area contributed by atoms with Gasteiger partial charge in [-0.05, 0) is 19.8 Å². The summed E-state index contributed by atoms with van der Waals surface area (Å²) in [5.41, 5.74) is -1.55. The Kier molecular flexibility index (Phi) is 2.38. The van der Waals surface area contributed by atoms with E-state index in [4.69, 9.17) is 0 Å². The third kappa shape index (κ3) is 1.91. The van der Waals surface area contributed by atoms with Crippen LogP contribution in [0.2, 0.25) is 0 Å². The largest absolute Gasteiger partial charge is 0.394 e. The van der Waals surface area contributed by atoms with Gasteiger partial charge in [-0.1, -0.05) is 12.8 Å². The molecule has 0 radical (unpaired) electrons. The van der Waals surface area contributed by atoms with Crippen LogP contribution >= 0.6 is 0 Å². The van der Waals surface area contributed by atoms with Crippen molar-refractivity contribution in [3.63, 3.8) is 0 Å². The molecule has 0 aromatic heterocycles. The molecule has 1 rings (SSSR count). The van der Waals surface area contributed by atoms with Crippen molar-refractivity contribution in [2.75, 3.05) is 0 Å². The lowest BCUT2D eigenvalue weighted by atomic mass is 9.76. The average molecular weight is 182 g/mol. The maximum absolute atomic E-state index is 12.3. The normalized spacial score (nSPS) is 38.2. The Morgan fingerprint density at radius 2 is 1.92 bits per heavy atom. The first-order valence-corrected chi connectivity index (χ1v) is 4.13. The maximum atomic E-state index is 12.3. The van der Waals surface area contributed by atoms with Crippen LogP contribution in [0, 0.1) is 5.92 Å². The van der Waals surface area contributed by atoms with Crippen molar-refractivity contribution in [3.8, 4) is 0 Å². The van der Waals surface area contributed by atoms with Crippen LogP contribution in [0.25, 0.3) is 0 Å². The second kappa shape index (κ2) is 2.91. The van der Waals surface area contributed by atoms with Gasteiger partial charge >= 0.3 is 6.18 Å². The molecule has 1 saturated carbocycles. The van der Waals surface area contributed by atoms with E-state index >= 15 is 0 Å². The van der Waals surface area contributed by atoms with Crippen molar-refractivity contribution in [2.45, 2.75) is 44.4 Å². The molecule has 72 valence electrons. The minimum atomic E-state index is -4.25. The highest BCUT2D eigenvalue weighted by Gasteiger charge is 2.50. The number of hydrogen-bond donors (Lipinski definition) is 1. The maximum Gasteiger partial charge on any atom is 0.394 e. The Labute approximate surface area is 69.6 Å². The molecule has 1 N–H and O–H groups in total. The van der Waals surface area contributed by atoms with Gasteiger partial charge in [0.15, 0.2) is 0 Å². The fraction of sp³-hybridized carbons (Fsp3) is 1.00. The molecule has 0 bridgehead atoms. The number of aliphatic hydroxyl groups is 1. The summed E-state index contributed by atoms with van der Waals surface area (Å²) in [4.78, 5) is 0. The summed E-state index contributed by atoms with van der Waals surface area (Å²) in [6.45, 7) is 1.28. The Balaban J connectivity index is 2.73. The van der Waals surface area contributed by atoms with Crippen LogP contribution in [0.15, 0.2) is 0 Å². The van der Waals surface area contributed by atoms with Gasteiger partial charge in [0.2, 0.25) is 0 Å². The van der Waals surface area contributed by atoms with E-state index in [0.717, 1.165) is 0 Å². The monoisotopic (exact) mass is 182 g/mol. The molecule has 12 heavy (non-hydrogen) atoms. The van der Waals surface area contributed by atoms with Crippen molar-refractivity contribution < 1.29 is 18.3 Å². The van der Waals surface area contributed by atoms with Crippen LogP contribution in [0.3, 0.4) is 0 Å². The van der Waals surface area contributed by atoms with E-state index in [0.29, 0.717) is 12.8 Å². The highest BCUT2D eigenvalue weighted by atomic mass is 19.4. The highest BCUT2D eigenvalue weighted by molar-refractivity contribution is 4.89. The Bertz CT molecular complexity index is 162. The predicted molar refractivity (Wildman–Crippen MR) is 38.6 cm³/mol. The molecule has 1 aliphatic carbocycles. The van der Waals surface area contributed by atoms with Crippen LogP contribution in [-0.4, -0.2) is 16.9 Å². The van der Waals surface area contributed by atoms with E-state index in [1.807, 2.05) is 0 Å². The first-order valence-electron chi connectivity index (χ1n) is 4.13. The molecule has 1 aliphatic rings. The van der Waals surface area contributed by atoms with E-state index in [1.54, 1.807) is 0 Å². The van der Waals surface area contributed by atoms with Gasteiger partial charge in [0, 0.05) is 0 Å². The molecule has 0 aromatic carbocycles. The van der Waals surface area contributed by atoms with Crippen molar-refractivity contribution in [1.29, 1.82) is 0 Å². The van der Waals surface area contributed by atoms with E-state index in [-0.39, 0.29) is 12.8 Å². The molecule has 2 atom stereocenters. The predicted octanol–water partition coefficient (Wildman–Crippen LogP) is 2.49. The summed E-state index contributed by atoms with van der Waals surface area (Å²) in [6, 6.07) is 0. The zero-order valence-corrected chi connectivity index (χ0v) is 6.99. The molecular formula is C8H13F3O.